The van der Waals surface area contributed by atoms with Gasteiger partial charge in [-0.15, -0.1) is 0 Å². The Kier molecular flexibility index (Phi) is 4.12. The molecule has 0 spiro atoms. The Morgan fingerprint density at radius 2 is 1.87 bits per heavy atom. The fraction of sp³-hybridized carbons (Fsp3) is 0.118. The molecule has 5 nitrogen and oxygen atoms in total. The fourth-order valence-electron chi connectivity index (χ4n) is 2.33. The van der Waals surface area contributed by atoms with Crippen molar-refractivity contribution >= 4 is 34.4 Å². The lowest BCUT2D eigenvalue weighted by Gasteiger charge is -2.09. The summed E-state index contributed by atoms with van der Waals surface area (Å²) in [6, 6.07) is 13.1. The molecule has 3 aromatic rings. The van der Waals surface area contributed by atoms with Crippen molar-refractivity contribution in [3.8, 4) is 16.9 Å². The van der Waals surface area contributed by atoms with Crippen LogP contribution in [0.5, 0.6) is 5.75 Å². The van der Waals surface area contributed by atoms with E-state index in [-0.39, 0.29) is 5.91 Å². The van der Waals surface area contributed by atoms with Gasteiger partial charge in [0.05, 0.1) is 7.11 Å². The maximum absolute atomic E-state index is 11.2. The van der Waals surface area contributed by atoms with Crippen LogP contribution in [0, 0.1) is 0 Å². The van der Waals surface area contributed by atoms with Crippen molar-refractivity contribution in [1.82, 2.24) is 9.97 Å². The zero-order valence-electron chi connectivity index (χ0n) is 12.6. The largest absolute Gasteiger partial charge is 0.497 e. The molecule has 0 saturated heterocycles. The number of nitrogens with one attached hydrogen (secondary N) is 1. The third-order valence-electron chi connectivity index (χ3n) is 3.35. The summed E-state index contributed by atoms with van der Waals surface area (Å²) in [6.45, 7) is 1.43. The molecule has 0 aliphatic heterocycles. The number of ether oxygens (including phenoxy) is 1. The second-order valence-electron chi connectivity index (χ2n) is 4.97. The van der Waals surface area contributed by atoms with Gasteiger partial charge in [-0.05, 0) is 41.5 Å². The fourth-order valence-corrected chi connectivity index (χ4v) is 2.52. The van der Waals surface area contributed by atoms with Crippen LogP contribution in [0.2, 0.25) is 5.15 Å². The van der Waals surface area contributed by atoms with E-state index in [9.17, 15) is 4.79 Å². The van der Waals surface area contributed by atoms with Gasteiger partial charge < -0.3 is 10.1 Å². The first-order chi connectivity index (χ1) is 11.1. The van der Waals surface area contributed by atoms with Gasteiger partial charge in [-0.25, -0.2) is 9.97 Å². The highest BCUT2D eigenvalue weighted by atomic mass is 35.5. The molecular formula is C17H14ClN3O2. The zero-order valence-corrected chi connectivity index (χ0v) is 13.4. The van der Waals surface area contributed by atoms with Crippen molar-refractivity contribution in [2.45, 2.75) is 6.92 Å². The summed E-state index contributed by atoms with van der Waals surface area (Å²) < 4.78 is 5.18. The minimum absolute atomic E-state index is 0.186. The predicted octanol–water partition coefficient (Wildman–Crippen LogP) is 3.92. The number of amides is 1. The number of benzene rings is 1. The van der Waals surface area contributed by atoms with Crippen LogP contribution in [0.25, 0.3) is 22.2 Å². The van der Waals surface area contributed by atoms with Gasteiger partial charge in [-0.1, -0.05) is 23.7 Å². The van der Waals surface area contributed by atoms with E-state index in [1.165, 1.54) is 6.92 Å². The predicted molar refractivity (Wildman–Crippen MR) is 90.8 cm³/mol. The molecule has 0 saturated carbocycles. The summed E-state index contributed by atoms with van der Waals surface area (Å²) in [5, 5.41) is 3.84. The molecule has 1 amide bonds. The highest BCUT2D eigenvalue weighted by Crippen LogP contribution is 2.31. The van der Waals surface area contributed by atoms with Crippen LogP contribution >= 0.6 is 11.6 Å². The van der Waals surface area contributed by atoms with Crippen LogP contribution < -0.4 is 10.1 Å². The monoisotopic (exact) mass is 327 g/mol. The Hall–Kier alpha value is -2.66. The van der Waals surface area contributed by atoms with Crippen molar-refractivity contribution in [2.24, 2.45) is 0 Å². The van der Waals surface area contributed by atoms with Crippen LogP contribution in [0.15, 0.2) is 42.5 Å². The molecule has 0 fully saturated rings. The normalized spacial score (nSPS) is 10.6. The van der Waals surface area contributed by atoms with Crippen molar-refractivity contribution in [1.29, 1.82) is 0 Å². The number of hydrogen-bond acceptors (Lipinski definition) is 4. The van der Waals surface area contributed by atoms with Crippen LogP contribution in [-0.2, 0) is 4.79 Å². The Labute approximate surface area is 138 Å². The lowest BCUT2D eigenvalue weighted by atomic mass is 10.0. The number of halogens is 1. The number of carbonyl (C=O) groups excluding carboxylic acids is 1. The van der Waals surface area contributed by atoms with Gasteiger partial charge in [0, 0.05) is 12.3 Å². The maximum atomic E-state index is 11.2. The van der Waals surface area contributed by atoms with Gasteiger partial charge in [0.2, 0.25) is 5.91 Å². The second-order valence-corrected chi connectivity index (χ2v) is 5.36. The van der Waals surface area contributed by atoms with E-state index in [0.717, 1.165) is 22.3 Å². The average molecular weight is 328 g/mol. The number of carbonyl (C=O) groups is 1. The minimum Gasteiger partial charge on any atom is -0.497 e. The van der Waals surface area contributed by atoms with Crippen LogP contribution in [0.1, 0.15) is 6.92 Å². The quantitative estimate of drug-likeness (QED) is 0.741. The van der Waals surface area contributed by atoms with E-state index in [4.69, 9.17) is 16.3 Å². The van der Waals surface area contributed by atoms with Gasteiger partial charge in [0.25, 0.3) is 0 Å². The molecule has 0 atom stereocenters. The molecule has 3 rings (SSSR count). The number of rotatable bonds is 3. The number of fused-ring (bicyclic) bond motifs is 1. The van der Waals surface area contributed by atoms with E-state index in [1.54, 1.807) is 19.2 Å². The van der Waals surface area contributed by atoms with Crippen LogP contribution in [0.3, 0.4) is 0 Å². The summed E-state index contributed by atoms with van der Waals surface area (Å²) in [5.74, 6) is 1.04. The number of aromatic nitrogens is 2. The van der Waals surface area contributed by atoms with E-state index < -0.39 is 0 Å². The average Bonchev–Trinajstić information content (AvgIpc) is 2.53. The molecule has 0 aliphatic rings. The van der Waals surface area contributed by atoms with Crippen LogP contribution in [0.4, 0.5) is 5.82 Å². The topological polar surface area (TPSA) is 64.1 Å². The van der Waals surface area contributed by atoms with E-state index in [1.807, 2.05) is 30.3 Å². The molecule has 1 N–H and O–H groups in total. The number of pyridine rings is 2. The highest BCUT2D eigenvalue weighted by molar-refractivity contribution is 6.30. The first kappa shape index (κ1) is 15.2. The van der Waals surface area contributed by atoms with Crippen LogP contribution in [-0.4, -0.2) is 23.0 Å². The number of hydrogen-bond donors (Lipinski definition) is 1. The molecule has 6 heteroatoms. The molecule has 1 aromatic carbocycles. The van der Waals surface area contributed by atoms with Gasteiger partial charge in [-0.2, -0.15) is 0 Å². The summed E-state index contributed by atoms with van der Waals surface area (Å²) in [6.07, 6.45) is 0. The van der Waals surface area contributed by atoms with E-state index in [2.05, 4.69) is 15.3 Å². The van der Waals surface area contributed by atoms with Gasteiger partial charge in [0.1, 0.15) is 16.7 Å². The van der Waals surface area contributed by atoms with Crippen molar-refractivity contribution in [2.75, 3.05) is 12.4 Å². The Balaban J connectivity index is 2.14. The lowest BCUT2D eigenvalue weighted by molar-refractivity contribution is -0.114. The molecule has 0 bridgehead atoms. The number of nitrogens with zero attached hydrogens (tertiary/aromatic N) is 2. The van der Waals surface area contributed by atoms with Gasteiger partial charge in [-0.3, -0.25) is 4.79 Å². The molecule has 0 aliphatic carbocycles. The molecule has 2 heterocycles. The summed E-state index contributed by atoms with van der Waals surface area (Å²) in [4.78, 5) is 19.7. The second kappa shape index (κ2) is 6.22. The highest BCUT2D eigenvalue weighted by Gasteiger charge is 2.10. The Morgan fingerprint density at radius 1 is 1.13 bits per heavy atom. The molecular weight excluding hydrogens is 314 g/mol. The van der Waals surface area contributed by atoms with Gasteiger partial charge in [0.15, 0.2) is 5.65 Å². The van der Waals surface area contributed by atoms with Crippen molar-refractivity contribution in [3.63, 3.8) is 0 Å². The Bertz CT molecular complexity index is 879. The van der Waals surface area contributed by atoms with Gasteiger partial charge >= 0.3 is 0 Å². The standard InChI is InChI=1S/C17H14ClN3O2/c1-10(22)19-16-8-7-13-14(9-15(18)20-17(13)21-16)11-3-5-12(23-2)6-4-11/h3-9H,1-2H3,(H,19,20,21,22). The molecule has 0 radical (unpaired) electrons. The first-order valence-corrected chi connectivity index (χ1v) is 7.34. The smallest absolute Gasteiger partial charge is 0.222 e. The first-order valence-electron chi connectivity index (χ1n) is 6.96. The number of methoxy groups -OCH3 is 1. The molecule has 116 valence electrons. The zero-order chi connectivity index (χ0) is 16.4. The minimum atomic E-state index is -0.186. The molecule has 2 aromatic heterocycles. The summed E-state index contributed by atoms with van der Waals surface area (Å²) in [5.41, 5.74) is 2.38. The SMILES string of the molecule is COc1ccc(-c2cc(Cl)nc3nc(NC(C)=O)ccc23)cc1. The third kappa shape index (κ3) is 3.24. The number of anilines is 1. The molecule has 23 heavy (non-hydrogen) atoms. The van der Waals surface area contributed by atoms with Crippen molar-refractivity contribution < 1.29 is 9.53 Å². The van der Waals surface area contributed by atoms with Crippen molar-refractivity contribution in [3.05, 3.63) is 47.6 Å². The van der Waals surface area contributed by atoms with E-state index >= 15 is 0 Å². The molecule has 0 unspecified atom stereocenters. The lowest BCUT2D eigenvalue weighted by Crippen LogP contribution is -2.07. The third-order valence-corrected chi connectivity index (χ3v) is 3.54. The maximum Gasteiger partial charge on any atom is 0.222 e. The van der Waals surface area contributed by atoms with E-state index in [0.29, 0.717) is 16.6 Å². The summed E-state index contributed by atoms with van der Waals surface area (Å²) >= 11 is 6.13. The Morgan fingerprint density at radius 3 is 2.52 bits per heavy atom. The summed E-state index contributed by atoms with van der Waals surface area (Å²) in [7, 11) is 1.63.